The number of oxazole rings is 1. The number of benzene rings is 1. The van der Waals surface area contributed by atoms with Crippen molar-refractivity contribution >= 4 is 11.6 Å². The molecule has 0 unspecified atom stereocenters. The molecule has 0 spiro atoms. The molecule has 2 heterocycles. The largest absolute Gasteiger partial charge is 0.441 e. The Balaban J connectivity index is 2.00. The molecule has 16 heavy (non-hydrogen) atoms. The second-order valence-corrected chi connectivity index (χ2v) is 4.26. The lowest BCUT2D eigenvalue weighted by Crippen LogP contribution is -2.22. The number of fused-ring (bicyclic) bond motifs is 1. The van der Waals surface area contributed by atoms with Gasteiger partial charge in [0.05, 0.1) is 5.69 Å². The molecule has 82 valence electrons. The quantitative estimate of drug-likeness (QED) is 0.825. The summed E-state index contributed by atoms with van der Waals surface area (Å²) < 4.78 is 5.74. The summed E-state index contributed by atoms with van der Waals surface area (Å²) in [4.78, 5) is 4.48. The van der Waals surface area contributed by atoms with E-state index in [0.717, 1.165) is 41.6 Å². The van der Waals surface area contributed by atoms with Crippen LogP contribution in [0.1, 0.15) is 11.5 Å². The van der Waals surface area contributed by atoms with E-state index in [2.05, 4.69) is 10.3 Å². The van der Waals surface area contributed by atoms with Crippen molar-refractivity contribution in [3.63, 3.8) is 0 Å². The van der Waals surface area contributed by atoms with Crippen LogP contribution in [0.2, 0.25) is 5.02 Å². The first-order chi connectivity index (χ1) is 7.83. The number of halogens is 1. The Hall–Kier alpha value is -1.32. The third kappa shape index (κ3) is 1.72. The highest BCUT2D eigenvalue weighted by Gasteiger charge is 2.17. The van der Waals surface area contributed by atoms with Crippen LogP contribution < -0.4 is 5.32 Å². The molecule has 3 rings (SSSR count). The van der Waals surface area contributed by atoms with Gasteiger partial charge in [-0.15, -0.1) is 0 Å². The highest BCUT2D eigenvalue weighted by molar-refractivity contribution is 6.30. The van der Waals surface area contributed by atoms with Gasteiger partial charge < -0.3 is 9.73 Å². The van der Waals surface area contributed by atoms with E-state index in [9.17, 15) is 0 Å². The predicted octanol–water partition coefficient (Wildman–Crippen LogP) is 2.64. The van der Waals surface area contributed by atoms with Crippen LogP contribution in [0.25, 0.3) is 11.5 Å². The van der Waals surface area contributed by atoms with Crippen LogP contribution in [0.15, 0.2) is 28.7 Å². The molecule has 0 saturated heterocycles. The summed E-state index contributed by atoms with van der Waals surface area (Å²) in [5, 5.41) is 4.00. The molecule has 1 aromatic heterocycles. The summed E-state index contributed by atoms with van der Waals surface area (Å²) in [6, 6.07) is 7.54. The van der Waals surface area contributed by atoms with E-state index in [0.29, 0.717) is 5.89 Å². The molecule has 0 atom stereocenters. The van der Waals surface area contributed by atoms with E-state index in [1.165, 1.54) is 0 Å². The Morgan fingerprint density at radius 2 is 2.06 bits per heavy atom. The first-order valence-corrected chi connectivity index (χ1v) is 5.66. The fourth-order valence-electron chi connectivity index (χ4n) is 1.84. The standard InChI is InChI=1S/C12H11ClN2O/c13-9-3-1-8(2-4-9)12-15-10-7-14-6-5-11(10)16-12/h1-4,14H,5-7H2. The molecule has 0 bridgehead atoms. The maximum Gasteiger partial charge on any atom is 0.226 e. The fourth-order valence-corrected chi connectivity index (χ4v) is 1.97. The molecule has 0 aliphatic carbocycles. The highest BCUT2D eigenvalue weighted by Crippen LogP contribution is 2.24. The summed E-state index contributed by atoms with van der Waals surface area (Å²) in [5.74, 6) is 1.69. The van der Waals surface area contributed by atoms with Crippen LogP contribution in [-0.2, 0) is 13.0 Å². The zero-order valence-corrected chi connectivity index (χ0v) is 9.42. The van der Waals surface area contributed by atoms with Crippen LogP contribution in [-0.4, -0.2) is 11.5 Å². The summed E-state index contributed by atoms with van der Waals surface area (Å²) >= 11 is 5.84. The van der Waals surface area contributed by atoms with Crippen LogP contribution in [0.5, 0.6) is 0 Å². The summed E-state index contributed by atoms with van der Waals surface area (Å²) in [5.41, 5.74) is 2.00. The Labute approximate surface area is 98.4 Å². The second-order valence-electron chi connectivity index (χ2n) is 3.82. The normalized spacial score (nSPS) is 14.8. The van der Waals surface area contributed by atoms with Gasteiger partial charge in [0, 0.05) is 30.1 Å². The number of aromatic nitrogens is 1. The number of hydrogen-bond acceptors (Lipinski definition) is 3. The van der Waals surface area contributed by atoms with Gasteiger partial charge in [-0.2, -0.15) is 0 Å². The van der Waals surface area contributed by atoms with E-state index in [1.807, 2.05) is 24.3 Å². The van der Waals surface area contributed by atoms with Crippen LogP contribution in [0.3, 0.4) is 0 Å². The SMILES string of the molecule is Clc1ccc(-c2nc3c(o2)CCNC3)cc1. The Morgan fingerprint density at radius 1 is 1.25 bits per heavy atom. The summed E-state index contributed by atoms with van der Waals surface area (Å²) in [6.07, 6.45) is 0.913. The van der Waals surface area contributed by atoms with Crippen molar-refractivity contribution < 1.29 is 4.42 Å². The Kier molecular flexibility index (Phi) is 2.42. The summed E-state index contributed by atoms with van der Waals surface area (Å²) in [7, 11) is 0. The van der Waals surface area contributed by atoms with Gasteiger partial charge in [-0.1, -0.05) is 11.6 Å². The first-order valence-electron chi connectivity index (χ1n) is 5.28. The smallest absolute Gasteiger partial charge is 0.226 e. The molecule has 1 aliphatic rings. The average Bonchev–Trinajstić information content (AvgIpc) is 2.73. The lowest BCUT2D eigenvalue weighted by atomic mass is 10.2. The van der Waals surface area contributed by atoms with Crippen LogP contribution >= 0.6 is 11.6 Å². The second kappa shape index (κ2) is 3.92. The molecule has 1 aliphatic heterocycles. The predicted molar refractivity (Wildman–Crippen MR) is 62.4 cm³/mol. The van der Waals surface area contributed by atoms with Gasteiger partial charge in [-0.25, -0.2) is 4.98 Å². The van der Waals surface area contributed by atoms with Gasteiger partial charge >= 0.3 is 0 Å². The highest BCUT2D eigenvalue weighted by atomic mass is 35.5. The van der Waals surface area contributed by atoms with Crippen LogP contribution in [0, 0.1) is 0 Å². The topological polar surface area (TPSA) is 38.1 Å². The zero-order valence-electron chi connectivity index (χ0n) is 8.66. The van der Waals surface area contributed by atoms with Crippen molar-refractivity contribution in [2.24, 2.45) is 0 Å². The van der Waals surface area contributed by atoms with Gasteiger partial charge in [0.2, 0.25) is 5.89 Å². The maximum absolute atomic E-state index is 5.84. The van der Waals surface area contributed by atoms with E-state index >= 15 is 0 Å². The van der Waals surface area contributed by atoms with Gasteiger partial charge in [0.25, 0.3) is 0 Å². The molecule has 3 nitrogen and oxygen atoms in total. The molecule has 1 N–H and O–H groups in total. The average molecular weight is 235 g/mol. The number of nitrogens with zero attached hydrogens (tertiary/aromatic N) is 1. The minimum atomic E-state index is 0.686. The lowest BCUT2D eigenvalue weighted by Gasteiger charge is -2.08. The molecular formula is C12H11ClN2O. The van der Waals surface area contributed by atoms with E-state index < -0.39 is 0 Å². The Bertz CT molecular complexity index is 481. The van der Waals surface area contributed by atoms with Crippen molar-refractivity contribution in [1.29, 1.82) is 0 Å². The first kappa shape index (κ1) is 9.87. The number of hydrogen-bond donors (Lipinski definition) is 1. The molecule has 4 heteroatoms. The van der Waals surface area contributed by atoms with Crippen molar-refractivity contribution in [3.05, 3.63) is 40.7 Å². The van der Waals surface area contributed by atoms with Crippen molar-refractivity contribution in [3.8, 4) is 11.5 Å². The monoisotopic (exact) mass is 234 g/mol. The maximum atomic E-state index is 5.84. The molecule has 0 radical (unpaired) electrons. The van der Waals surface area contributed by atoms with Crippen molar-refractivity contribution in [1.82, 2.24) is 10.3 Å². The fraction of sp³-hybridized carbons (Fsp3) is 0.250. The molecule has 2 aromatic rings. The number of rotatable bonds is 1. The minimum absolute atomic E-state index is 0.686. The van der Waals surface area contributed by atoms with E-state index in [1.54, 1.807) is 0 Å². The van der Waals surface area contributed by atoms with Gasteiger partial charge in [-0.3, -0.25) is 0 Å². The number of nitrogens with one attached hydrogen (secondary N) is 1. The van der Waals surface area contributed by atoms with E-state index in [4.69, 9.17) is 16.0 Å². The van der Waals surface area contributed by atoms with Gasteiger partial charge in [0.1, 0.15) is 5.76 Å². The lowest BCUT2D eigenvalue weighted by molar-refractivity contribution is 0.483. The molecule has 1 aromatic carbocycles. The molecule has 0 amide bonds. The van der Waals surface area contributed by atoms with Crippen LogP contribution in [0.4, 0.5) is 0 Å². The molecular weight excluding hydrogens is 224 g/mol. The third-order valence-corrected chi connectivity index (χ3v) is 2.94. The van der Waals surface area contributed by atoms with Gasteiger partial charge in [-0.05, 0) is 24.3 Å². The van der Waals surface area contributed by atoms with Crippen molar-refractivity contribution in [2.75, 3.05) is 6.54 Å². The van der Waals surface area contributed by atoms with Crippen molar-refractivity contribution in [2.45, 2.75) is 13.0 Å². The van der Waals surface area contributed by atoms with E-state index in [-0.39, 0.29) is 0 Å². The third-order valence-electron chi connectivity index (χ3n) is 2.69. The zero-order chi connectivity index (χ0) is 11.0. The molecule has 0 saturated carbocycles. The molecule has 0 fully saturated rings. The minimum Gasteiger partial charge on any atom is -0.441 e. The Morgan fingerprint density at radius 3 is 2.81 bits per heavy atom. The van der Waals surface area contributed by atoms with Gasteiger partial charge in [0.15, 0.2) is 0 Å². The summed E-state index contributed by atoms with van der Waals surface area (Å²) in [6.45, 7) is 1.76.